The molecule has 1 aromatic carbocycles. The van der Waals surface area contributed by atoms with Crippen LogP contribution in [0.15, 0.2) is 30.3 Å². The normalized spacial score (nSPS) is 11.9. The third-order valence-corrected chi connectivity index (χ3v) is 3.23. The Bertz CT molecular complexity index is 431. The van der Waals surface area contributed by atoms with Crippen molar-refractivity contribution in [1.29, 1.82) is 0 Å². The van der Waals surface area contributed by atoms with Crippen LogP contribution in [0, 0.1) is 5.92 Å². The smallest absolute Gasteiger partial charge is 0.308 e. The van der Waals surface area contributed by atoms with Crippen LogP contribution in [-0.2, 0) is 16.0 Å². The molecule has 0 bridgehead atoms. The van der Waals surface area contributed by atoms with Crippen LogP contribution in [0.25, 0.3) is 0 Å². The van der Waals surface area contributed by atoms with E-state index >= 15 is 0 Å². The van der Waals surface area contributed by atoms with Crippen LogP contribution in [0.4, 0.5) is 0 Å². The summed E-state index contributed by atoms with van der Waals surface area (Å²) in [6.07, 6.45) is 1.96. The van der Waals surface area contributed by atoms with E-state index in [4.69, 9.17) is 5.11 Å². The molecule has 0 radical (unpaired) electrons. The number of hydrogen-bond acceptors (Lipinski definition) is 2. The van der Waals surface area contributed by atoms with Crippen molar-refractivity contribution >= 4 is 11.9 Å². The number of carboxylic acids is 1. The molecule has 0 spiro atoms. The van der Waals surface area contributed by atoms with Crippen molar-refractivity contribution < 1.29 is 14.7 Å². The van der Waals surface area contributed by atoms with Crippen LogP contribution in [0.1, 0.15) is 32.3 Å². The minimum Gasteiger partial charge on any atom is -0.481 e. The standard InChI is InChI=1S/C16H23NO3/c1-3-11-17(12-13(2)16(19)20)15(18)10-9-14-7-5-4-6-8-14/h4-8,13H,3,9-12H2,1-2H3,(H,19,20). The van der Waals surface area contributed by atoms with E-state index < -0.39 is 11.9 Å². The summed E-state index contributed by atoms with van der Waals surface area (Å²) in [4.78, 5) is 24.8. The maximum Gasteiger partial charge on any atom is 0.308 e. The lowest BCUT2D eigenvalue weighted by atomic mass is 10.1. The zero-order valence-corrected chi connectivity index (χ0v) is 12.2. The molecule has 1 atom stereocenters. The number of carbonyl (C=O) groups is 2. The summed E-state index contributed by atoms with van der Waals surface area (Å²) < 4.78 is 0. The van der Waals surface area contributed by atoms with Gasteiger partial charge in [-0.3, -0.25) is 9.59 Å². The van der Waals surface area contributed by atoms with E-state index in [1.165, 1.54) is 0 Å². The van der Waals surface area contributed by atoms with Gasteiger partial charge in [-0.15, -0.1) is 0 Å². The lowest BCUT2D eigenvalue weighted by Gasteiger charge is -2.24. The highest BCUT2D eigenvalue weighted by atomic mass is 16.4. The molecule has 0 saturated carbocycles. The van der Waals surface area contributed by atoms with E-state index in [1.54, 1.807) is 11.8 Å². The van der Waals surface area contributed by atoms with Gasteiger partial charge in [0.25, 0.3) is 0 Å². The van der Waals surface area contributed by atoms with Crippen LogP contribution < -0.4 is 0 Å². The van der Waals surface area contributed by atoms with Crippen LogP contribution in [0.3, 0.4) is 0 Å². The second kappa shape index (κ2) is 8.35. The van der Waals surface area contributed by atoms with Crippen LogP contribution >= 0.6 is 0 Å². The molecule has 0 fully saturated rings. The largest absolute Gasteiger partial charge is 0.481 e. The minimum absolute atomic E-state index is 0.0313. The van der Waals surface area contributed by atoms with Gasteiger partial charge in [0.2, 0.25) is 5.91 Å². The number of amides is 1. The Morgan fingerprint density at radius 3 is 2.45 bits per heavy atom. The molecule has 110 valence electrons. The first-order chi connectivity index (χ1) is 9.54. The number of carbonyl (C=O) groups excluding carboxylic acids is 1. The molecule has 4 nitrogen and oxygen atoms in total. The predicted octanol–water partition coefficient (Wildman–Crippen LogP) is 2.58. The van der Waals surface area contributed by atoms with Crippen molar-refractivity contribution in [2.75, 3.05) is 13.1 Å². The Labute approximate surface area is 120 Å². The van der Waals surface area contributed by atoms with Crippen molar-refractivity contribution in [3.8, 4) is 0 Å². The summed E-state index contributed by atoms with van der Waals surface area (Å²) in [5.74, 6) is -1.35. The fourth-order valence-corrected chi connectivity index (χ4v) is 2.05. The van der Waals surface area contributed by atoms with Crippen molar-refractivity contribution in [3.05, 3.63) is 35.9 Å². The monoisotopic (exact) mass is 277 g/mol. The zero-order valence-electron chi connectivity index (χ0n) is 12.2. The molecule has 0 heterocycles. The Morgan fingerprint density at radius 2 is 1.90 bits per heavy atom. The second-order valence-electron chi connectivity index (χ2n) is 5.06. The maximum atomic E-state index is 12.2. The van der Waals surface area contributed by atoms with E-state index in [9.17, 15) is 9.59 Å². The SMILES string of the molecule is CCCN(CC(C)C(=O)O)C(=O)CCc1ccccc1. The van der Waals surface area contributed by atoms with Gasteiger partial charge >= 0.3 is 5.97 Å². The lowest BCUT2D eigenvalue weighted by Crippen LogP contribution is -2.37. The number of hydrogen-bond donors (Lipinski definition) is 1. The van der Waals surface area contributed by atoms with Crippen LogP contribution in [-0.4, -0.2) is 35.0 Å². The summed E-state index contributed by atoms with van der Waals surface area (Å²) in [6.45, 7) is 4.53. The van der Waals surface area contributed by atoms with Gasteiger partial charge in [-0.2, -0.15) is 0 Å². The molecule has 1 amide bonds. The number of aryl methyl sites for hydroxylation is 1. The first-order valence-corrected chi connectivity index (χ1v) is 7.09. The van der Waals surface area contributed by atoms with E-state index in [0.717, 1.165) is 12.0 Å². The predicted molar refractivity (Wildman–Crippen MR) is 78.4 cm³/mol. The molecule has 0 aliphatic carbocycles. The molecule has 20 heavy (non-hydrogen) atoms. The average Bonchev–Trinajstić information content (AvgIpc) is 2.45. The van der Waals surface area contributed by atoms with Gasteiger partial charge in [-0.1, -0.05) is 44.2 Å². The first kappa shape index (κ1) is 16.2. The lowest BCUT2D eigenvalue weighted by molar-refractivity contribution is -0.143. The minimum atomic E-state index is -0.859. The number of aliphatic carboxylic acids is 1. The number of rotatable bonds is 8. The van der Waals surface area contributed by atoms with Crippen molar-refractivity contribution in [2.45, 2.75) is 33.1 Å². The molecule has 4 heteroatoms. The highest BCUT2D eigenvalue weighted by Gasteiger charge is 2.19. The molecule has 0 aliphatic rings. The summed E-state index contributed by atoms with van der Waals surface area (Å²) >= 11 is 0. The second-order valence-corrected chi connectivity index (χ2v) is 5.06. The number of carboxylic acid groups (broad SMARTS) is 1. The van der Waals surface area contributed by atoms with Gasteiger partial charge in [0.15, 0.2) is 0 Å². The summed E-state index contributed by atoms with van der Waals surface area (Å²) in [5.41, 5.74) is 1.13. The fourth-order valence-electron chi connectivity index (χ4n) is 2.05. The third kappa shape index (κ3) is 5.43. The van der Waals surface area contributed by atoms with Crippen LogP contribution in [0.2, 0.25) is 0 Å². The topological polar surface area (TPSA) is 57.6 Å². The van der Waals surface area contributed by atoms with Crippen molar-refractivity contribution in [2.24, 2.45) is 5.92 Å². The molecule has 0 aromatic heterocycles. The van der Waals surface area contributed by atoms with Gasteiger partial charge in [0.05, 0.1) is 5.92 Å². The zero-order chi connectivity index (χ0) is 15.0. The fraction of sp³-hybridized carbons (Fsp3) is 0.500. The summed E-state index contributed by atoms with van der Waals surface area (Å²) in [6, 6.07) is 9.85. The Balaban J connectivity index is 2.53. The molecule has 1 rings (SSSR count). The molecule has 1 aromatic rings. The van der Waals surface area contributed by atoms with Gasteiger partial charge < -0.3 is 10.0 Å². The van der Waals surface area contributed by atoms with E-state index in [-0.39, 0.29) is 12.5 Å². The van der Waals surface area contributed by atoms with E-state index in [0.29, 0.717) is 19.4 Å². The third-order valence-electron chi connectivity index (χ3n) is 3.23. The van der Waals surface area contributed by atoms with Gasteiger partial charge in [0, 0.05) is 19.5 Å². The van der Waals surface area contributed by atoms with E-state index in [2.05, 4.69) is 0 Å². The van der Waals surface area contributed by atoms with Gasteiger partial charge in [-0.05, 0) is 18.4 Å². The Kier molecular flexibility index (Phi) is 6.77. The number of benzene rings is 1. The Hall–Kier alpha value is -1.84. The van der Waals surface area contributed by atoms with Crippen molar-refractivity contribution in [3.63, 3.8) is 0 Å². The van der Waals surface area contributed by atoms with E-state index in [1.807, 2.05) is 37.3 Å². The average molecular weight is 277 g/mol. The van der Waals surface area contributed by atoms with Crippen molar-refractivity contribution in [1.82, 2.24) is 4.90 Å². The molecule has 0 saturated heterocycles. The van der Waals surface area contributed by atoms with Crippen LogP contribution in [0.5, 0.6) is 0 Å². The summed E-state index contributed by atoms with van der Waals surface area (Å²) in [7, 11) is 0. The quantitative estimate of drug-likeness (QED) is 0.794. The molecular weight excluding hydrogens is 254 g/mol. The van der Waals surface area contributed by atoms with Gasteiger partial charge in [-0.25, -0.2) is 0 Å². The Morgan fingerprint density at radius 1 is 1.25 bits per heavy atom. The molecule has 1 unspecified atom stereocenters. The highest BCUT2D eigenvalue weighted by molar-refractivity contribution is 5.77. The number of nitrogens with zero attached hydrogens (tertiary/aromatic N) is 1. The highest BCUT2D eigenvalue weighted by Crippen LogP contribution is 2.08. The molecule has 0 aliphatic heterocycles. The summed E-state index contributed by atoms with van der Waals surface area (Å²) in [5, 5.41) is 8.95. The maximum absolute atomic E-state index is 12.2. The van der Waals surface area contributed by atoms with Gasteiger partial charge in [0.1, 0.15) is 0 Å². The first-order valence-electron chi connectivity index (χ1n) is 7.09. The molecule has 1 N–H and O–H groups in total. The molecular formula is C16H23NO3.